The van der Waals surface area contributed by atoms with Crippen LogP contribution >= 0.6 is 11.8 Å². The number of carbonyl (C=O) groups excluding carboxylic acids is 1. The highest BCUT2D eigenvalue weighted by Gasteiger charge is 2.54. The number of methoxy groups -OCH3 is 1. The van der Waals surface area contributed by atoms with E-state index in [4.69, 9.17) is 4.74 Å². The molecule has 1 atom stereocenters. The molecule has 2 heterocycles. The molecule has 2 N–H and O–H groups in total. The van der Waals surface area contributed by atoms with Gasteiger partial charge in [-0.3, -0.25) is 5.32 Å². The Morgan fingerprint density at radius 1 is 1.44 bits per heavy atom. The first-order valence-corrected chi connectivity index (χ1v) is 9.33. The second-order valence-corrected chi connectivity index (χ2v) is 8.22. The topological polar surface area (TPSA) is 123 Å². The second kappa shape index (κ2) is 7.47. The summed E-state index contributed by atoms with van der Waals surface area (Å²) in [5.74, 6) is 0.0318. The number of hydrogen-bond acceptors (Lipinski definition) is 8. The third-order valence-electron chi connectivity index (χ3n) is 3.17. The fourth-order valence-electron chi connectivity index (χ4n) is 1.89. The summed E-state index contributed by atoms with van der Waals surface area (Å²) >= 11 is 0.443. The third-order valence-corrected chi connectivity index (χ3v) is 6.89. The van der Waals surface area contributed by atoms with Gasteiger partial charge in [0.05, 0.1) is 7.11 Å². The molecule has 138 valence electrons. The van der Waals surface area contributed by atoms with Crippen molar-refractivity contribution in [1.29, 1.82) is 0 Å². The molecule has 0 spiro atoms. The van der Waals surface area contributed by atoms with Gasteiger partial charge in [-0.2, -0.15) is 15.0 Å². The maximum absolute atomic E-state index is 13.3. The highest BCUT2D eigenvalue weighted by molar-refractivity contribution is 8.16. The summed E-state index contributed by atoms with van der Waals surface area (Å²) in [7, 11) is -3.38. The summed E-state index contributed by atoms with van der Waals surface area (Å²) < 4.78 is 55.1. The lowest BCUT2D eigenvalue weighted by Crippen LogP contribution is -2.50. The highest BCUT2D eigenvalue weighted by Crippen LogP contribution is 2.45. The van der Waals surface area contributed by atoms with Crippen LogP contribution in [0.5, 0.6) is 6.01 Å². The molecule has 0 aliphatic carbocycles. The number of ether oxygens (including phenoxy) is 1. The zero-order valence-corrected chi connectivity index (χ0v) is 14.8. The number of rotatable bonds is 6. The highest BCUT2D eigenvalue weighted by atomic mass is 32.3. The van der Waals surface area contributed by atoms with Crippen LogP contribution in [0.4, 0.5) is 19.5 Å². The van der Waals surface area contributed by atoms with Gasteiger partial charge in [0.1, 0.15) is 5.82 Å². The van der Waals surface area contributed by atoms with Crippen molar-refractivity contribution in [3.05, 3.63) is 17.3 Å². The molecule has 1 aromatic rings. The molecule has 9 nitrogen and oxygen atoms in total. The molecule has 0 saturated heterocycles. The summed E-state index contributed by atoms with van der Waals surface area (Å²) in [6, 6.07) is -1.34. The summed E-state index contributed by atoms with van der Waals surface area (Å²) in [6.07, 6.45) is -1.90. The van der Waals surface area contributed by atoms with E-state index < -0.39 is 33.0 Å². The summed E-state index contributed by atoms with van der Waals surface area (Å²) in [5.41, 5.74) is 0. The van der Waals surface area contributed by atoms with Crippen molar-refractivity contribution in [2.24, 2.45) is 0 Å². The Kier molecular flexibility index (Phi) is 5.77. The number of urea groups is 1. The maximum atomic E-state index is 13.3. The average Bonchev–Trinajstić information content (AvgIpc) is 3.05. The molecule has 0 bridgehead atoms. The Balaban J connectivity index is 2.17. The largest absolute Gasteiger partial charge is 0.467 e. The quantitative estimate of drug-likeness (QED) is 0.743. The molecule has 25 heavy (non-hydrogen) atoms. The van der Waals surface area contributed by atoms with Crippen LogP contribution in [-0.4, -0.2) is 47.0 Å². The summed E-state index contributed by atoms with van der Waals surface area (Å²) in [4.78, 5) is 23.5. The van der Waals surface area contributed by atoms with E-state index in [0.29, 0.717) is 24.0 Å². The third kappa shape index (κ3) is 3.98. The molecule has 0 fully saturated rings. The van der Waals surface area contributed by atoms with Gasteiger partial charge in [0, 0.05) is 12.8 Å². The average molecular weight is 395 g/mol. The van der Waals surface area contributed by atoms with Gasteiger partial charge in [0.15, 0.2) is 0 Å². The van der Waals surface area contributed by atoms with Gasteiger partial charge in [-0.25, -0.2) is 26.7 Å². The fourth-order valence-corrected chi connectivity index (χ4v) is 4.43. The zero-order valence-electron chi connectivity index (χ0n) is 13.2. The van der Waals surface area contributed by atoms with E-state index >= 15 is 0 Å². The lowest BCUT2D eigenvalue weighted by Gasteiger charge is -2.26. The van der Waals surface area contributed by atoms with Crippen molar-refractivity contribution >= 4 is 33.8 Å². The molecule has 1 aliphatic heterocycles. The molecular formula is C12H15F2N5O4S2. The van der Waals surface area contributed by atoms with Gasteiger partial charge >= 0.3 is 12.0 Å². The molecule has 13 heteroatoms. The number of thioether (sulfide) groups is 1. The Bertz CT molecular complexity index is 757. The fraction of sp³-hybridized carbons (Fsp3) is 0.500. The number of halogens is 2. The van der Waals surface area contributed by atoms with E-state index in [1.807, 2.05) is 0 Å². The number of sulfonamides is 1. The first-order chi connectivity index (χ1) is 11.7. The first-order valence-electron chi connectivity index (χ1n) is 6.97. The molecule has 2 rings (SSSR count). The minimum absolute atomic E-state index is 0.0791. The lowest BCUT2D eigenvalue weighted by molar-refractivity contribution is 0.130. The predicted octanol–water partition coefficient (Wildman–Crippen LogP) is 1.51. The standard InChI is InChI=1S/C12H15F2N5O4S2/c1-3-7-15-9(18-11(16-7)23-2)17-10(20)19-25(21,22)12(8(13)14)5-4-6-24-12/h4,6,8H,3,5H2,1-2H3,(H2,15,16,17,18,19,20). The van der Waals surface area contributed by atoms with E-state index in [2.05, 4.69) is 20.3 Å². The van der Waals surface area contributed by atoms with Crippen molar-refractivity contribution in [2.75, 3.05) is 12.4 Å². The molecule has 1 aromatic heterocycles. The van der Waals surface area contributed by atoms with Crippen LogP contribution in [0, 0.1) is 0 Å². The van der Waals surface area contributed by atoms with Gasteiger partial charge in [0.25, 0.3) is 16.4 Å². The van der Waals surface area contributed by atoms with Crippen LogP contribution in [0.1, 0.15) is 19.2 Å². The number of amides is 2. The van der Waals surface area contributed by atoms with Gasteiger partial charge < -0.3 is 4.74 Å². The monoisotopic (exact) mass is 395 g/mol. The number of anilines is 1. The minimum atomic E-state index is -4.69. The number of carbonyl (C=O) groups is 1. The van der Waals surface area contributed by atoms with Crippen LogP contribution < -0.4 is 14.8 Å². The predicted molar refractivity (Wildman–Crippen MR) is 86.9 cm³/mol. The van der Waals surface area contributed by atoms with Crippen LogP contribution in [0.3, 0.4) is 0 Å². The van der Waals surface area contributed by atoms with Crippen molar-refractivity contribution in [3.8, 4) is 6.01 Å². The number of allylic oxidation sites excluding steroid dienone is 1. The van der Waals surface area contributed by atoms with Crippen LogP contribution in [0.2, 0.25) is 0 Å². The van der Waals surface area contributed by atoms with Gasteiger partial charge in [-0.1, -0.05) is 13.0 Å². The molecule has 2 amide bonds. The normalized spacial score (nSPS) is 19.9. The Morgan fingerprint density at radius 2 is 2.16 bits per heavy atom. The van der Waals surface area contributed by atoms with Crippen LogP contribution in [-0.2, 0) is 16.4 Å². The molecule has 0 aromatic carbocycles. The Labute approximate surface area is 146 Å². The number of nitrogens with one attached hydrogen (secondary N) is 2. The van der Waals surface area contributed by atoms with E-state index in [-0.39, 0.29) is 12.0 Å². The second-order valence-electron chi connectivity index (χ2n) is 4.78. The Hall–Kier alpha value is -2.02. The Morgan fingerprint density at radius 3 is 2.68 bits per heavy atom. The van der Waals surface area contributed by atoms with Crippen molar-refractivity contribution in [2.45, 2.75) is 30.3 Å². The van der Waals surface area contributed by atoms with Gasteiger partial charge in [0.2, 0.25) is 10.0 Å². The van der Waals surface area contributed by atoms with E-state index in [9.17, 15) is 22.0 Å². The lowest BCUT2D eigenvalue weighted by atomic mass is 10.3. The zero-order chi connectivity index (χ0) is 18.7. The molecule has 0 saturated carbocycles. The van der Waals surface area contributed by atoms with Crippen molar-refractivity contribution < 1.29 is 26.7 Å². The van der Waals surface area contributed by atoms with Crippen molar-refractivity contribution in [1.82, 2.24) is 19.7 Å². The number of hydrogen-bond donors (Lipinski definition) is 2. The minimum Gasteiger partial charge on any atom is -0.467 e. The number of nitrogens with zero attached hydrogens (tertiary/aromatic N) is 3. The maximum Gasteiger partial charge on any atom is 0.335 e. The molecule has 1 unspecified atom stereocenters. The van der Waals surface area contributed by atoms with Gasteiger partial charge in [-0.15, -0.1) is 11.8 Å². The van der Waals surface area contributed by atoms with Gasteiger partial charge in [-0.05, 0) is 5.41 Å². The number of aryl methyl sites for hydroxylation is 1. The van der Waals surface area contributed by atoms with E-state index in [1.165, 1.54) is 18.6 Å². The van der Waals surface area contributed by atoms with Crippen molar-refractivity contribution in [3.63, 3.8) is 0 Å². The van der Waals surface area contributed by atoms with Crippen LogP contribution in [0.25, 0.3) is 0 Å². The first kappa shape index (κ1) is 19.3. The number of aromatic nitrogens is 3. The smallest absolute Gasteiger partial charge is 0.335 e. The van der Waals surface area contributed by atoms with E-state index in [1.54, 1.807) is 11.6 Å². The van der Waals surface area contributed by atoms with E-state index in [0.717, 1.165) is 0 Å². The molecule has 0 radical (unpaired) electrons. The summed E-state index contributed by atoms with van der Waals surface area (Å²) in [6.45, 7) is 1.75. The molecular weight excluding hydrogens is 380 g/mol. The number of alkyl halides is 2. The molecule has 1 aliphatic rings. The SMILES string of the molecule is CCc1nc(NC(=O)NS(=O)(=O)C2(C(F)F)CC=CS2)nc(OC)n1. The van der Waals surface area contributed by atoms with Crippen LogP contribution in [0.15, 0.2) is 11.5 Å². The summed E-state index contributed by atoms with van der Waals surface area (Å²) in [5, 5.41) is 3.34.